The van der Waals surface area contributed by atoms with E-state index in [0.717, 1.165) is 28.9 Å². The summed E-state index contributed by atoms with van der Waals surface area (Å²) in [5.41, 5.74) is 9.54. The Labute approximate surface area is 107 Å². The van der Waals surface area contributed by atoms with Gasteiger partial charge in [0.2, 0.25) is 0 Å². The van der Waals surface area contributed by atoms with Gasteiger partial charge in [0, 0.05) is 17.0 Å². The third-order valence-electron chi connectivity index (χ3n) is 2.94. The fraction of sp³-hybridized carbons (Fsp3) is 0.286. The molecule has 1 aromatic carbocycles. The minimum Gasteiger partial charge on any atom is -0.508 e. The molecule has 0 atom stereocenters. The van der Waals surface area contributed by atoms with E-state index in [2.05, 4.69) is 9.97 Å². The Morgan fingerprint density at radius 3 is 2.11 bits per heavy atom. The summed E-state index contributed by atoms with van der Waals surface area (Å²) in [6.45, 7) is 4.55. The Kier molecular flexibility index (Phi) is 3.58. The normalized spacial score (nSPS) is 10.6. The Hall–Kier alpha value is -1.94. The number of hydrogen-bond donors (Lipinski definition) is 2. The largest absolute Gasteiger partial charge is 0.508 e. The number of hydrogen-bond acceptors (Lipinski definition) is 4. The first kappa shape index (κ1) is 12.5. The minimum absolute atomic E-state index is 0.243. The van der Waals surface area contributed by atoms with E-state index in [0.29, 0.717) is 12.4 Å². The van der Waals surface area contributed by atoms with Crippen LogP contribution >= 0.6 is 0 Å². The van der Waals surface area contributed by atoms with Crippen molar-refractivity contribution in [2.24, 2.45) is 5.73 Å². The molecule has 0 aliphatic carbocycles. The first-order valence-corrected chi connectivity index (χ1v) is 5.95. The third kappa shape index (κ3) is 2.49. The number of benzene rings is 1. The summed E-state index contributed by atoms with van der Waals surface area (Å²) in [5.74, 6) is 0.928. The number of phenols is 1. The van der Waals surface area contributed by atoms with Crippen LogP contribution in [0.15, 0.2) is 24.3 Å². The second-order valence-corrected chi connectivity index (χ2v) is 4.28. The maximum atomic E-state index is 9.27. The van der Waals surface area contributed by atoms with Crippen molar-refractivity contribution in [3.63, 3.8) is 0 Å². The van der Waals surface area contributed by atoms with E-state index in [1.165, 1.54) is 0 Å². The molecule has 0 bridgehead atoms. The Morgan fingerprint density at radius 2 is 1.61 bits per heavy atom. The molecule has 1 heterocycles. The van der Waals surface area contributed by atoms with Crippen LogP contribution in [0.3, 0.4) is 0 Å². The molecule has 3 N–H and O–H groups in total. The number of aryl methyl sites for hydroxylation is 2. The van der Waals surface area contributed by atoms with Crippen molar-refractivity contribution in [2.75, 3.05) is 6.54 Å². The summed E-state index contributed by atoms with van der Waals surface area (Å²) in [4.78, 5) is 9.01. The van der Waals surface area contributed by atoms with Gasteiger partial charge in [-0.15, -0.1) is 0 Å². The lowest BCUT2D eigenvalue weighted by molar-refractivity contribution is 0.475. The van der Waals surface area contributed by atoms with Crippen LogP contribution < -0.4 is 5.73 Å². The van der Waals surface area contributed by atoms with Gasteiger partial charge in [0.15, 0.2) is 5.82 Å². The van der Waals surface area contributed by atoms with Crippen molar-refractivity contribution in [3.05, 3.63) is 41.2 Å². The predicted molar refractivity (Wildman–Crippen MR) is 71.4 cm³/mol. The van der Waals surface area contributed by atoms with E-state index in [4.69, 9.17) is 5.73 Å². The molecule has 0 spiro atoms. The molecule has 4 nitrogen and oxygen atoms in total. The number of phenolic OH excluding ortho intramolecular Hbond substituents is 1. The summed E-state index contributed by atoms with van der Waals surface area (Å²) in [6.07, 6.45) is 0.799. The fourth-order valence-electron chi connectivity index (χ4n) is 1.99. The zero-order valence-electron chi connectivity index (χ0n) is 10.6. The minimum atomic E-state index is 0.243. The van der Waals surface area contributed by atoms with Gasteiger partial charge in [0.05, 0.1) is 0 Å². The molecule has 0 aliphatic rings. The first-order chi connectivity index (χ1) is 8.61. The zero-order valence-corrected chi connectivity index (χ0v) is 10.6. The molecule has 0 unspecified atom stereocenters. The van der Waals surface area contributed by atoms with Crippen LogP contribution in [-0.4, -0.2) is 21.6 Å². The molecular weight excluding hydrogens is 226 g/mol. The average Bonchev–Trinajstić information content (AvgIpc) is 2.34. The van der Waals surface area contributed by atoms with Gasteiger partial charge in [-0.3, -0.25) is 0 Å². The smallest absolute Gasteiger partial charge is 0.159 e. The summed E-state index contributed by atoms with van der Waals surface area (Å²) in [5, 5.41) is 9.27. The molecule has 0 aliphatic heterocycles. The van der Waals surface area contributed by atoms with Crippen LogP contribution in [0.1, 0.15) is 17.0 Å². The highest BCUT2D eigenvalue weighted by molar-refractivity contribution is 5.57. The second-order valence-electron chi connectivity index (χ2n) is 4.28. The Bertz CT molecular complexity index is 526. The van der Waals surface area contributed by atoms with Gasteiger partial charge in [-0.05, 0) is 56.6 Å². The summed E-state index contributed by atoms with van der Waals surface area (Å²) < 4.78 is 0. The van der Waals surface area contributed by atoms with Crippen LogP contribution in [0.25, 0.3) is 11.4 Å². The predicted octanol–water partition coefficient (Wildman–Crippen LogP) is 1.97. The molecule has 0 amide bonds. The van der Waals surface area contributed by atoms with E-state index in [1.54, 1.807) is 12.1 Å². The molecule has 2 aromatic rings. The van der Waals surface area contributed by atoms with Gasteiger partial charge in [-0.1, -0.05) is 0 Å². The first-order valence-electron chi connectivity index (χ1n) is 5.95. The third-order valence-corrected chi connectivity index (χ3v) is 2.94. The van der Waals surface area contributed by atoms with Crippen LogP contribution in [0.5, 0.6) is 5.75 Å². The Morgan fingerprint density at radius 1 is 1.06 bits per heavy atom. The van der Waals surface area contributed by atoms with Gasteiger partial charge < -0.3 is 10.8 Å². The van der Waals surface area contributed by atoms with Crippen LogP contribution in [0.4, 0.5) is 0 Å². The molecule has 0 saturated heterocycles. The monoisotopic (exact) mass is 243 g/mol. The highest BCUT2D eigenvalue weighted by Gasteiger charge is 2.09. The van der Waals surface area contributed by atoms with Gasteiger partial charge >= 0.3 is 0 Å². The lowest BCUT2D eigenvalue weighted by Crippen LogP contribution is -2.09. The zero-order chi connectivity index (χ0) is 13.1. The molecule has 0 fully saturated rings. The summed E-state index contributed by atoms with van der Waals surface area (Å²) >= 11 is 0. The number of nitrogens with two attached hydrogens (primary N) is 1. The molecule has 1 aromatic heterocycles. The van der Waals surface area contributed by atoms with Gasteiger partial charge in [-0.25, -0.2) is 9.97 Å². The highest BCUT2D eigenvalue weighted by atomic mass is 16.3. The van der Waals surface area contributed by atoms with Gasteiger partial charge in [0.1, 0.15) is 5.75 Å². The molecule has 94 valence electrons. The van der Waals surface area contributed by atoms with Crippen molar-refractivity contribution in [1.29, 1.82) is 0 Å². The maximum absolute atomic E-state index is 9.27. The van der Waals surface area contributed by atoms with Gasteiger partial charge in [0.25, 0.3) is 0 Å². The molecule has 18 heavy (non-hydrogen) atoms. The lowest BCUT2D eigenvalue weighted by atomic mass is 10.1. The molecule has 2 rings (SSSR count). The van der Waals surface area contributed by atoms with E-state index in [-0.39, 0.29) is 5.75 Å². The van der Waals surface area contributed by atoms with Crippen molar-refractivity contribution in [2.45, 2.75) is 20.3 Å². The standard InChI is InChI=1S/C14H17N3O/c1-9-13(7-8-15)10(2)17-14(16-9)11-3-5-12(18)6-4-11/h3-6,18H,7-8,15H2,1-2H3. The maximum Gasteiger partial charge on any atom is 0.159 e. The van der Waals surface area contributed by atoms with Crippen LogP contribution in [0, 0.1) is 13.8 Å². The Balaban J connectivity index is 2.44. The van der Waals surface area contributed by atoms with E-state index >= 15 is 0 Å². The topological polar surface area (TPSA) is 72.0 Å². The molecule has 4 heteroatoms. The van der Waals surface area contributed by atoms with Gasteiger partial charge in [-0.2, -0.15) is 0 Å². The quantitative estimate of drug-likeness (QED) is 0.864. The summed E-state index contributed by atoms with van der Waals surface area (Å²) in [7, 11) is 0. The SMILES string of the molecule is Cc1nc(-c2ccc(O)cc2)nc(C)c1CCN. The van der Waals surface area contributed by atoms with Crippen molar-refractivity contribution in [1.82, 2.24) is 9.97 Å². The molecule has 0 radical (unpaired) electrons. The fourth-order valence-corrected chi connectivity index (χ4v) is 1.99. The highest BCUT2D eigenvalue weighted by Crippen LogP contribution is 2.21. The van der Waals surface area contributed by atoms with E-state index < -0.39 is 0 Å². The average molecular weight is 243 g/mol. The number of nitrogens with zero attached hydrogens (tertiary/aromatic N) is 2. The molecule has 0 saturated carbocycles. The second kappa shape index (κ2) is 5.14. The van der Waals surface area contributed by atoms with E-state index in [1.807, 2.05) is 26.0 Å². The van der Waals surface area contributed by atoms with Crippen molar-refractivity contribution >= 4 is 0 Å². The number of aromatic hydroxyl groups is 1. The van der Waals surface area contributed by atoms with Crippen LogP contribution in [0.2, 0.25) is 0 Å². The van der Waals surface area contributed by atoms with Crippen molar-refractivity contribution in [3.8, 4) is 17.1 Å². The number of aromatic nitrogens is 2. The van der Waals surface area contributed by atoms with E-state index in [9.17, 15) is 5.11 Å². The van der Waals surface area contributed by atoms with Crippen molar-refractivity contribution < 1.29 is 5.11 Å². The number of rotatable bonds is 3. The summed E-state index contributed by atoms with van der Waals surface area (Å²) in [6, 6.07) is 6.90. The lowest BCUT2D eigenvalue weighted by Gasteiger charge is -2.10. The molecular formula is C14H17N3O. The van der Waals surface area contributed by atoms with Crippen LogP contribution in [-0.2, 0) is 6.42 Å².